The van der Waals surface area contributed by atoms with Crippen LogP contribution in [0.1, 0.15) is 45.3 Å². The van der Waals surface area contributed by atoms with Gasteiger partial charge in [-0.2, -0.15) is 0 Å². The van der Waals surface area contributed by atoms with Gasteiger partial charge in [0.05, 0.1) is 6.21 Å². The van der Waals surface area contributed by atoms with Gasteiger partial charge < -0.3 is 15.1 Å². The molecule has 1 fully saturated rings. The van der Waals surface area contributed by atoms with Gasteiger partial charge >= 0.3 is 0 Å². The molecule has 1 aliphatic carbocycles. The molecule has 1 aromatic rings. The Morgan fingerprint density at radius 2 is 2.12 bits per heavy atom. The van der Waals surface area contributed by atoms with Crippen molar-refractivity contribution in [1.29, 1.82) is 0 Å². The van der Waals surface area contributed by atoms with Crippen LogP contribution in [0.2, 0.25) is 0 Å². The van der Waals surface area contributed by atoms with Crippen molar-refractivity contribution in [2.24, 2.45) is 4.99 Å². The van der Waals surface area contributed by atoms with Gasteiger partial charge in [-0.3, -0.25) is 9.36 Å². The van der Waals surface area contributed by atoms with Gasteiger partial charge in [-0.05, 0) is 35.2 Å². The molecule has 1 unspecified atom stereocenters. The first-order valence-electron chi connectivity index (χ1n) is 8.90. The lowest BCUT2D eigenvalue weighted by molar-refractivity contribution is -0.136. The predicted molar refractivity (Wildman–Crippen MR) is 98.6 cm³/mol. The SMILES string of the molecule is CCC1C(=O)N(C)C2=C(N[C@@H](n3ccnc3Br)N=C2)N1C1CCCC1. The maximum Gasteiger partial charge on any atom is 0.249 e. The van der Waals surface area contributed by atoms with Crippen molar-refractivity contribution in [3.63, 3.8) is 0 Å². The Labute approximate surface area is 155 Å². The Kier molecular flexibility index (Phi) is 4.31. The molecule has 25 heavy (non-hydrogen) atoms. The van der Waals surface area contributed by atoms with Gasteiger partial charge in [-0.1, -0.05) is 19.8 Å². The average Bonchev–Trinajstić information content (AvgIpc) is 3.29. The van der Waals surface area contributed by atoms with E-state index in [1.54, 1.807) is 11.1 Å². The molecule has 7 nitrogen and oxygen atoms in total. The highest BCUT2D eigenvalue weighted by molar-refractivity contribution is 9.10. The number of carbonyl (C=O) groups is 1. The number of hydrogen-bond donors (Lipinski definition) is 1. The standard InChI is InChI=1S/C17H23BrN6O/c1-3-12-15(25)22(2)13-10-20-17(23-9-8-19-16(23)18)21-14(13)24(12)11-6-4-5-7-11/h8-12,17,21H,3-7H2,1-2H3/t12?,17-/m0/s1. The fraction of sp³-hybridized carbons (Fsp3) is 0.588. The summed E-state index contributed by atoms with van der Waals surface area (Å²) in [4.78, 5) is 25.8. The minimum absolute atomic E-state index is 0.113. The third-order valence-corrected chi connectivity index (χ3v) is 6.02. The highest BCUT2D eigenvalue weighted by Gasteiger charge is 2.42. The molecule has 134 valence electrons. The molecule has 3 heterocycles. The number of imidazole rings is 1. The molecule has 0 radical (unpaired) electrons. The summed E-state index contributed by atoms with van der Waals surface area (Å²) in [5.41, 5.74) is 0.856. The molecule has 4 rings (SSSR count). The third-order valence-electron chi connectivity index (χ3n) is 5.41. The van der Waals surface area contributed by atoms with Gasteiger partial charge in [-0.25, -0.2) is 9.98 Å². The van der Waals surface area contributed by atoms with Gasteiger partial charge in [0.25, 0.3) is 0 Å². The molecular formula is C17H23BrN6O. The van der Waals surface area contributed by atoms with Crippen molar-refractivity contribution >= 4 is 28.1 Å². The van der Waals surface area contributed by atoms with Crippen LogP contribution in [0.5, 0.6) is 0 Å². The smallest absolute Gasteiger partial charge is 0.249 e. The number of carbonyl (C=O) groups excluding carboxylic acids is 1. The van der Waals surface area contributed by atoms with E-state index in [-0.39, 0.29) is 18.2 Å². The lowest BCUT2D eigenvalue weighted by atomic mass is 10.0. The lowest BCUT2D eigenvalue weighted by Crippen LogP contribution is -2.59. The van der Waals surface area contributed by atoms with E-state index in [0.29, 0.717) is 6.04 Å². The number of aromatic nitrogens is 2. The third kappa shape index (κ3) is 2.67. The summed E-state index contributed by atoms with van der Waals surface area (Å²) in [7, 11) is 1.84. The van der Waals surface area contributed by atoms with E-state index in [1.807, 2.05) is 24.0 Å². The van der Waals surface area contributed by atoms with Crippen LogP contribution in [0.15, 0.2) is 33.6 Å². The molecule has 1 saturated carbocycles. The first kappa shape index (κ1) is 16.6. The van der Waals surface area contributed by atoms with E-state index in [4.69, 9.17) is 0 Å². The van der Waals surface area contributed by atoms with Gasteiger partial charge in [0, 0.05) is 25.5 Å². The molecule has 1 aromatic heterocycles. The van der Waals surface area contributed by atoms with Crippen LogP contribution in [0, 0.1) is 0 Å². The Morgan fingerprint density at radius 1 is 1.36 bits per heavy atom. The number of nitrogens with zero attached hydrogens (tertiary/aromatic N) is 5. The van der Waals surface area contributed by atoms with E-state index >= 15 is 0 Å². The highest BCUT2D eigenvalue weighted by Crippen LogP contribution is 2.35. The van der Waals surface area contributed by atoms with Crippen LogP contribution < -0.4 is 5.32 Å². The van der Waals surface area contributed by atoms with Gasteiger partial charge in [-0.15, -0.1) is 0 Å². The van der Waals surface area contributed by atoms with Crippen LogP contribution in [-0.4, -0.2) is 50.6 Å². The van der Waals surface area contributed by atoms with Crippen LogP contribution in [0.4, 0.5) is 0 Å². The second-order valence-corrected chi connectivity index (χ2v) is 7.51. The van der Waals surface area contributed by atoms with E-state index in [9.17, 15) is 4.79 Å². The topological polar surface area (TPSA) is 65.8 Å². The molecule has 0 bridgehead atoms. The summed E-state index contributed by atoms with van der Waals surface area (Å²) in [6.45, 7) is 2.09. The average molecular weight is 407 g/mol. The first-order chi connectivity index (χ1) is 12.1. The zero-order valence-electron chi connectivity index (χ0n) is 14.5. The Hall–Kier alpha value is -1.83. The molecule has 2 atom stereocenters. The Morgan fingerprint density at radius 3 is 2.76 bits per heavy atom. The van der Waals surface area contributed by atoms with Crippen molar-refractivity contribution in [2.45, 2.75) is 57.4 Å². The van der Waals surface area contributed by atoms with Crippen LogP contribution in [-0.2, 0) is 4.79 Å². The zero-order valence-corrected chi connectivity index (χ0v) is 16.1. The highest BCUT2D eigenvalue weighted by atomic mass is 79.9. The van der Waals surface area contributed by atoms with Gasteiger partial charge in [0.2, 0.25) is 12.2 Å². The molecule has 0 saturated heterocycles. The van der Waals surface area contributed by atoms with Crippen LogP contribution in [0.3, 0.4) is 0 Å². The number of rotatable bonds is 3. The molecule has 1 N–H and O–H groups in total. The van der Waals surface area contributed by atoms with Crippen molar-refractivity contribution in [3.05, 3.63) is 28.6 Å². The number of aliphatic imine (C=N–C) groups is 1. The van der Waals surface area contributed by atoms with E-state index < -0.39 is 0 Å². The fourth-order valence-corrected chi connectivity index (χ4v) is 4.54. The molecule has 3 aliphatic rings. The van der Waals surface area contributed by atoms with E-state index in [2.05, 4.69) is 43.0 Å². The number of hydrogen-bond acceptors (Lipinski definition) is 5. The van der Waals surface area contributed by atoms with Gasteiger partial charge in [0.1, 0.15) is 17.6 Å². The van der Waals surface area contributed by atoms with E-state index in [0.717, 1.165) is 35.5 Å². The second-order valence-electron chi connectivity index (χ2n) is 6.80. The van der Waals surface area contributed by atoms with Crippen molar-refractivity contribution in [1.82, 2.24) is 24.7 Å². The monoisotopic (exact) mass is 406 g/mol. The Balaban J connectivity index is 1.73. The number of amides is 1. The normalized spacial score (nSPS) is 27.1. The molecular weight excluding hydrogens is 384 g/mol. The minimum atomic E-state index is -0.265. The molecule has 8 heteroatoms. The van der Waals surface area contributed by atoms with Crippen LogP contribution in [0.25, 0.3) is 0 Å². The van der Waals surface area contributed by atoms with Gasteiger partial charge in [0.15, 0.2) is 4.73 Å². The minimum Gasteiger partial charge on any atom is -0.342 e. The number of nitrogens with one attached hydrogen (secondary N) is 1. The number of likely N-dealkylation sites (N-methyl/N-ethyl adjacent to an activating group) is 1. The van der Waals surface area contributed by atoms with Crippen LogP contribution >= 0.6 is 15.9 Å². The fourth-order valence-electron chi connectivity index (χ4n) is 4.11. The number of allylic oxidation sites excluding steroid dienone is 1. The van der Waals surface area contributed by atoms with E-state index in [1.165, 1.54) is 12.8 Å². The summed E-state index contributed by atoms with van der Waals surface area (Å²) in [5, 5.41) is 3.55. The maximum absolute atomic E-state index is 12.9. The zero-order chi connectivity index (χ0) is 17.6. The summed E-state index contributed by atoms with van der Waals surface area (Å²) in [6, 6.07) is 0.302. The summed E-state index contributed by atoms with van der Waals surface area (Å²) in [5.74, 6) is 1.17. The van der Waals surface area contributed by atoms with Crippen molar-refractivity contribution in [2.75, 3.05) is 7.05 Å². The number of halogens is 1. The molecule has 2 aliphatic heterocycles. The largest absolute Gasteiger partial charge is 0.342 e. The molecule has 0 aromatic carbocycles. The summed E-state index contributed by atoms with van der Waals surface area (Å²) < 4.78 is 2.66. The Bertz CT molecular complexity index is 735. The maximum atomic E-state index is 12.9. The summed E-state index contributed by atoms with van der Waals surface area (Å²) >= 11 is 3.46. The van der Waals surface area contributed by atoms with Crippen molar-refractivity contribution in [3.8, 4) is 0 Å². The lowest BCUT2D eigenvalue weighted by Gasteiger charge is -2.47. The molecule has 0 spiro atoms. The summed E-state index contributed by atoms with van der Waals surface area (Å²) in [6.07, 6.45) is 10.7. The first-order valence-corrected chi connectivity index (χ1v) is 9.69. The molecule has 1 amide bonds. The quantitative estimate of drug-likeness (QED) is 0.836. The predicted octanol–water partition coefficient (Wildman–Crippen LogP) is 2.44. The van der Waals surface area contributed by atoms with Crippen molar-refractivity contribution < 1.29 is 4.79 Å². The second kappa shape index (κ2) is 6.48.